The van der Waals surface area contributed by atoms with Gasteiger partial charge in [0, 0.05) is 50.0 Å². The zero-order valence-electron chi connectivity index (χ0n) is 33.3. The number of carbonyl (C=O) groups is 3. The molecule has 2 aromatic heterocycles. The van der Waals surface area contributed by atoms with E-state index in [2.05, 4.69) is 49.4 Å². The van der Waals surface area contributed by atoms with Crippen molar-refractivity contribution in [2.75, 3.05) is 58.0 Å². The zero-order valence-corrected chi connectivity index (χ0v) is 34.1. The summed E-state index contributed by atoms with van der Waals surface area (Å²) in [6.07, 6.45) is 11.0. The zero-order chi connectivity index (χ0) is 40.6. The van der Waals surface area contributed by atoms with Crippen molar-refractivity contribution in [2.24, 2.45) is 28.8 Å². The third-order valence-electron chi connectivity index (χ3n) is 12.2. The van der Waals surface area contributed by atoms with E-state index in [1.54, 1.807) is 13.3 Å². The van der Waals surface area contributed by atoms with Gasteiger partial charge in [-0.15, -0.1) is 0 Å². The fourth-order valence-electron chi connectivity index (χ4n) is 9.19. The molecule has 2 saturated carbocycles. The summed E-state index contributed by atoms with van der Waals surface area (Å²) < 4.78 is 48.1. The molecule has 17 heteroatoms. The van der Waals surface area contributed by atoms with E-state index in [-0.39, 0.29) is 54.4 Å². The molecule has 4 N–H and O–H groups in total. The van der Waals surface area contributed by atoms with Crippen LogP contribution in [-0.4, -0.2) is 104 Å². The van der Waals surface area contributed by atoms with Crippen LogP contribution in [0.3, 0.4) is 0 Å². The van der Waals surface area contributed by atoms with Crippen molar-refractivity contribution < 1.29 is 41.2 Å². The average molecular weight is 824 g/mol. The summed E-state index contributed by atoms with van der Waals surface area (Å²) in [6, 6.07) is 10.7. The van der Waals surface area contributed by atoms with Gasteiger partial charge >= 0.3 is 10.3 Å². The number of likely N-dealkylation sites (tertiary alicyclic amines) is 1. The number of anilines is 1. The lowest BCUT2D eigenvalue weighted by Gasteiger charge is -2.30. The summed E-state index contributed by atoms with van der Waals surface area (Å²) in [5.74, 6) is 0.870. The van der Waals surface area contributed by atoms with Crippen LogP contribution in [0.4, 0.5) is 5.82 Å². The Balaban J connectivity index is 0.785. The Morgan fingerprint density at radius 3 is 2.48 bits per heavy atom. The fraction of sp³-hybridized carbons (Fsp3) is 0.634. The van der Waals surface area contributed by atoms with E-state index in [1.807, 2.05) is 12.3 Å². The van der Waals surface area contributed by atoms with Crippen LogP contribution in [0.5, 0.6) is 0 Å². The molecule has 0 bridgehead atoms. The summed E-state index contributed by atoms with van der Waals surface area (Å²) in [6.45, 7) is 4.37. The lowest BCUT2D eigenvalue weighted by atomic mass is 9.80. The Labute approximate surface area is 340 Å². The van der Waals surface area contributed by atoms with E-state index in [9.17, 15) is 22.8 Å². The van der Waals surface area contributed by atoms with Crippen molar-refractivity contribution in [3.8, 4) is 0 Å². The summed E-state index contributed by atoms with van der Waals surface area (Å²) in [5.41, 5.74) is 3.45. The van der Waals surface area contributed by atoms with Crippen LogP contribution in [0.1, 0.15) is 87.9 Å². The minimum atomic E-state index is -4.11. The fourth-order valence-corrected chi connectivity index (χ4v) is 9.56. The standard InChI is InChI=1S/C41H57N7O9S/c1-27-20-38(50)48(41(27)51)24-29-8-6-28(7-9-29)21-37(49)43-13-15-54-16-17-55-18-19-56-36-23-32(22-31(36)25-57-58(42,52)53)47-14-12-34-39(44-26-45-40(34)47)46-35-11-10-30-4-2-3-5-33(30)35/h2-5,12,14,26-29,31-32,35-36H,6-11,13,15-25H2,1H3,(H,43,49)(H2,42,52,53)(H,44,45,46)/t27?,28?,29?,31-,32+,35-,36-/m0/s1. The van der Waals surface area contributed by atoms with Gasteiger partial charge in [0.1, 0.15) is 17.8 Å². The van der Waals surface area contributed by atoms with Crippen LogP contribution >= 0.6 is 0 Å². The number of aryl methyl sites for hydroxylation is 1. The van der Waals surface area contributed by atoms with Crippen LogP contribution in [0, 0.1) is 23.7 Å². The van der Waals surface area contributed by atoms with Gasteiger partial charge in [0.05, 0.1) is 57.2 Å². The molecule has 7 rings (SSSR count). The van der Waals surface area contributed by atoms with Gasteiger partial charge in [-0.25, -0.2) is 15.1 Å². The van der Waals surface area contributed by atoms with Crippen molar-refractivity contribution >= 4 is 44.9 Å². The molecule has 3 amide bonds. The number of nitrogens with zero attached hydrogens (tertiary/aromatic N) is 4. The first kappa shape index (κ1) is 42.1. The number of hydrogen-bond acceptors (Lipinski definition) is 12. The molecule has 16 nitrogen and oxygen atoms in total. The molecular formula is C41H57N7O9S. The second-order valence-electron chi connectivity index (χ2n) is 16.3. The van der Waals surface area contributed by atoms with E-state index in [0.717, 1.165) is 55.4 Å². The van der Waals surface area contributed by atoms with E-state index < -0.39 is 10.3 Å². The van der Waals surface area contributed by atoms with Crippen LogP contribution in [0.15, 0.2) is 42.9 Å². The molecule has 1 unspecified atom stereocenters. The Bertz CT molecular complexity index is 2000. The first-order valence-electron chi connectivity index (χ1n) is 20.7. The number of aromatic nitrogens is 3. The third-order valence-corrected chi connectivity index (χ3v) is 12.7. The SMILES string of the molecule is CC1CC(=O)N(CC2CCC(CC(=O)NCCOCCOCCO[C@H]3C[C@H](n4ccc5c(N[C@H]6CCc7ccccc76)ncnc54)C[C@H]3COS(N)(=O)=O)CC2)C1=O. The molecule has 4 aliphatic rings. The van der Waals surface area contributed by atoms with Gasteiger partial charge in [-0.3, -0.25) is 23.5 Å². The maximum Gasteiger partial charge on any atom is 0.333 e. The maximum absolute atomic E-state index is 12.5. The highest BCUT2D eigenvalue weighted by molar-refractivity contribution is 7.84. The highest BCUT2D eigenvalue weighted by Crippen LogP contribution is 2.40. The van der Waals surface area contributed by atoms with Crippen LogP contribution in [0.2, 0.25) is 0 Å². The first-order chi connectivity index (χ1) is 28.0. The van der Waals surface area contributed by atoms with E-state index >= 15 is 0 Å². The molecular weight excluding hydrogens is 767 g/mol. The summed E-state index contributed by atoms with van der Waals surface area (Å²) >= 11 is 0. The second-order valence-corrected chi connectivity index (χ2v) is 17.5. The highest BCUT2D eigenvalue weighted by Gasteiger charge is 2.39. The number of carbonyl (C=O) groups excluding carboxylic acids is 3. The van der Waals surface area contributed by atoms with Gasteiger partial charge < -0.3 is 29.4 Å². The molecule has 3 aromatic rings. The van der Waals surface area contributed by atoms with Crippen molar-refractivity contribution in [1.29, 1.82) is 0 Å². The molecule has 3 heterocycles. The molecule has 3 fully saturated rings. The number of ether oxygens (including phenoxy) is 3. The van der Waals surface area contributed by atoms with E-state index in [4.69, 9.17) is 23.5 Å². The normalized spacial score (nSPS) is 26.1. The van der Waals surface area contributed by atoms with Gasteiger partial charge in [0.2, 0.25) is 17.7 Å². The van der Waals surface area contributed by atoms with Gasteiger partial charge in [-0.2, -0.15) is 8.42 Å². The second kappa shape index (κ2) is 19.4. The van der Waals surface area contributed by atoms with Crippen molar-refractivity contribution in [2.45, 2.75) is 89.3 Å². The molecule has 316 valence electrons. The number of nitrogens with two attached hydrogens (primary N) is 1. The maximum atomic E-state index is 12.5. The number of nitrogens with one attached hydrogen (secondary N) is 2. The van der Waals surface area contributed by atoms with Crippen LogP contribution < -0.4 is 15.8 Å². The van der Waals surface area contributed by atoms with Gasteiger partial charge in [-0.1, -0.05) is 31.2 Å². The monoisotopic (exact) mass is 823 g/mol. The van der Waals surface area contributed by atoms with Crippen LogP contribution in [0.25, 0.3) is 11.0 Å². The van der Waals surface area contributed by atoms with Crippen molar-refractivity contribution in [1.82, 2.24) is 24.8 Å². The number of amides is 3. The third kappa shape index (κ3) is 10.8. The Morgan fingerprint density at radius 2 is 1.71 bits per heavy atom. The smallest absolute Gasteiger partial charge is 0.333 e. The molecule has 1 aliphatic heterocycles. The van der Waals surface area contributed by atoms with Gasteiger partial charge in [-0.05, 0) is 80.4 Å². The number of rotatable bonds is 20. The van der Waals surface area contributed by atoms with Crippen molar-refractivity contribution in [3.63, 3.8) is 0 Å². The number of fused-ring (bicyclic) bond motifs is 2. The lowest BCUT2D eigenvalue weighted by molar-refractivity contribution is -0.140. The molecule has 0 spiro atoms. The number of hydrogen-bond donors (Lipinski definition) is 3. The minimum Gasteiger partial charge on any atom is -0.377 e. The Hall–Kier alpha value is -4.00. The largest absolute Gasteiger partial charge is 0.377 e. The predicted octanol–water partition coefficient (Wildman–Crippen LogP) is 3.83. The molecule has 0 radical (unpaired) electrons. The lowest BCUT2D eigenvalue weighted by Crippen LogP contribution is -2.36. The summed E-state index contributed by atoms with van der Waals surface area (Å²) in [4.78, 5) is 47.6. The summed E-state index contributed by atoms with van der Waals surface area (Å²) in [5, 5.41) is 12.7. The van der Waals surface area contributed by atoms with Gasteiger partial charge in [0.25, 0.3) is 0 Å². The summed E-state index contributed by atoms with van der Waals surface area (Å²) in [7, 11) is -4.11. The molecule has 3 aliphatic carbocycles. The average Bonchev–Trinajstić information content (AvgIpc) is 3.98. The van der Waals surface area contributed by atoms with Crippen LogP contribution in [-0.2, 0) is 49.5 Å². The highest BCUT2D eigenvalue weighted by atomic mass is 32.2. The van der Waals surface area contributed by atoms with E-state index in [0.29, 0.717) is 83.6 Å². The molecule has 1 saturated heterocycles. The van der Waals surface area contributed by atoms with E-state index in [1.165, 1.54) is 16.0 Å². The topological polar surface area (TPSA) is 206 Å². The minimum absolute atomic E-state index is 0.00638. The Morgan fingerprint density at radius 1 is 0.948 bits per heavy atom. The number of imide groups is 1. The Kier molecular flexibility index (Phi) is 14.1. The predicted molar refractivity (Wildman–Crippen MR) is 214 cm³/mol. The molecule has 1 aromatic carbocycles. The number of benzene rings is 1. The first-order valence-corrected chi connectivity index (χ1v) is 22.2. The van der Waals surface area contributed by atoms with Gasteiger partial charge in [0.15, 0.2) is 0 Å². The molecule has 58 heavy (non-hydrogen) atoms. The molecule has 5 atom stereocenters. The van der Waals surface area contributed by atoms with Crippen molar-refractivity contribution in [3.05, 3.63) is 54.0 Å². The quantitative estimate of drug-likeness (QED) is 0.110.